The van der Waals surface area contributed by atoms with Gasteiger partial charge in [-0.25, -0.2) is 8.42 Å². The monoisotopic (exact) mass is 419 g/mol. The molecule has 1 amide bonds. The highest BCUT2D eigenvalue weighted by molar-refractivity contribution is 7.92. The maximum Gasteiger partial charge on any atom is 0.243 e. The minimum atomic E-state index is -3.64. The molecule has 0 fully saturated rings. The Morgan fingerprint density at radius 1 is 1.07 bits per heavy atom. The predicted molar refractivity (Wildman–Crippen MR) is 117 cm³/mol. The van der Waals surface area contributed by atoms with Crippen LogP contribution < -0.4 is 19.3 Å². The van der Waals surface area contributed by atoms with Gasteiger partial charge >= 0.3 is 0 Å². The highest BCUT2D eigenvalue weighted by Gasteiger charge is 2.28. The fraction of sp³-hybridized carbons (Fsp3) is 0.381. The minimum Gasteiger partial charge on any atom is -0.497 e. The molecule has 0 spiro atoms. The van der Waals surface area contributed by atoms with Crippen LogP contribution in [0.2, 0.25) is 0 Å². The average molecular weight is 420 g/mol. The summed E-state index contributed by atoms with van der Waals surface area (Å²) in [6, 6.07) is 15.7. The highest BCUT2D eigenvalue weighted by atomic mass is 32.2. The number of carbonyl (C=O) groups excluding carboxylic acids is 1. The summed E-state index contributed by atoms with van der Waals surface area (Å²) in [4.78, 5) is 14.7. The Labute approximate surface area is 173 Å². The van der Waals surface area contributed by atoms with Crippen LogP contribution in [0, 0.1) is 0 Å². The summed E-state index contributed by atoms with van der Waals surface area (Å²) in [5.41, 5.74) is 1.52. The Morgan fingerprint density at radius 3 is 2.24 bits per heavy atom. The molecule has 0 aliphatic heterocycles. The summed E-state index contributed by atoms with van der Waals surface area (Å²) in [6.45, 7) is 2.81. The largest absolute Gasteiger partial charge is 0.497 e. The molecule has 0 saturated heterocycles. The third-order valence-corrected chi connectivity index (χ3v) is 5.82. The molecule has 0 heterocycles. The quantitative estimate of drug-likeness (QED) is 0.599. The van der Waals surface area contributed by atoms with Crippen LogP contribution in [0.5, 0.6) is 5.75 Å². The van der Waals surface area contributed by atoms with Gasteiger partial charge in [-0.2, -0.15) is 0 Å². The lowest BCUT2D eigenvalue weighted by Gasteiger charge is -2.28. The Kier molecular flexibility index (Phi) is 7.90. The molecule has 0 aliphatic carbocycles. The lowest BCUT2D eigenvalue weighted by atomic mass is 10.2. The lowest BCUT2D eigenvalue weighted by Crippen LogP contribution is -2.48. The molecule has 7 nitrogen and oxygen atoms in total. The zero-order valence-electron chi connectivity index (χ0n) is 17.3. The van der Waals surface area contributed by atoms with Crippen molar-refractivity contribution in [3.05, 3.63) is 54.6 Å². The first-order chi connectivity index (χ1) is 13.7. The van der Waals surface area contributed by atoms with E-state index in [1.54, 1.807) is 31.2 Å². The molecule has 2 aromatic rings. The molecule has 0 aromatic heterocycles. The molecule has 29 heavy (non-hydrogen) atoms. The van der Waals surface area contributed by atoms with E-state index in [1.807, 2.05) is 37.4 Å². The number of hydrogen-bond acceptors (Lipinski definition) is 5. The number of sulfonamides is 1. The van der Waals surface area contributed by atoms with Gasteiger partial charge in [-0.3, -0.25) is 9.10 Å². The number of nitrogens with zero attached hydrogens (tertiary/aromatic N) is 2. The Bertz CT molecular complexity index is 886. The van der Waals surface area contributed by atoms with Crippen molar-refractivity contribution < 1.29 is 17.9 Å². The van der Waals surface area contributed by atoms with Crippen LogP contribution in [0.15, 0.2) is 54.6 Å². The van der Waals surface area contributed by atoms with E-state index < -0.39 is 16.1 Å². The molecule has 0 aliphatic rings. The number of hydrogen-bond donors (Lipinski definition) is 1. The first-order valence-corrected chi connectivity index (χ1v) is 11.3. The van der Waals surface area contributed by atoms with E-state index in [1.165, 1.54) is 7.11 Å². The van der Waals surface area contributed by atoms with Gasteiger partial charge in [0.2, 0.25) is 15.9 Å². The molecule has 2 rings (SSSR count). The molecular formula is C21H29N3O4S. The fourth-order valence-electron chi connectivity index (χ4n) is 3.03. The highest BCUT2D eigenvalue weighted by Crippen LogP contribution is 2.23. The Balaban J connectivity index is 1.94. The van der Waals surface area contributed by atoms with Gasteiger partial charge in [0, 0.05) is 25.8 Å². The average Bonchev–Trinajstić information content (AvgIpc) is 2.71. The van der Waals surface area contributed by atoms with Gasteiger partial charge in [0.05, 0.1) is 19.1 Å². The number of ether oxygens (including phenoxy) is 1. The third-order valence-electron chi connectivity index (χ3n) is 4.58. The van der Waals surface area contributed by atoms with Crippen LogP contribution in [0.3, 0.4) is 0 Å². The molecule has 1 N–H and O–H groups in total. The van der Waals surface area contributed by atoms with Crippen molar-refractivity contribution in [2.45, 2.75) is 19.4 Å². The van der Waals surface area contributed by atoms with Crippen LogP contribution in [-0.4, -0.2) is 53.9 Å². The van der Waals surface area contributed by atoms with E-state index in [2.05, 4.69) is 10.2 Å². The number of carbonyl (C=O) groups is 1. The summed E-state index contributed by atoms with van der Waals surface area (Å²) >= 11 is 0. The fourth-order valence-corrected chi connectivity index (χ4v) is 4.20. The van der Waals surface area contributed by atoms with Crippen molar-refractivity contribution in [1.82, 2.24) is 5.32 Å². The summed E-state index contributed by atoms with van der Waals surface area (Å²) in [5, 5.41) is 2.84. The first kappa shape index (κ1) is 22.5. The number of amides is 1. The molecule has 8 heteroatoms. The molecule has 2 aromatic carbocycles. The number of anilines is 2. The zero-order valence-corrected chi connectivity index (χ0v) is 18.1. The predicted octanol–water partition coefficient (Wildman–Crippen LogP) is 2.49. The van der Waals surface area contributed by atoms with Gasteiger partial charge in [0.15, 0.2) is 0 Å². The topological polar surface area (TPSA) is 79.0 Å². The summed E-state index contributed by atoms with van der Waals surface area (Å²) in [7, 11) is -0.107. The number of nitrogens with one attached hydrogen (secondary N) is 1. The van der Waals surface area contributed by atoms with Crippen LogP contribution >= 0.6 is 0 Å². The van der Waals surface area contributed by atoms with Crippen LogP contribution in [-0.2, 0) is 14.8 Å². The number of para-hydroxylation sites is 1. The molecule has 0 unspecified atom stereocenters. The van der Waals surface area contributed by atoms with Gasteiger partial charge in [-0.05, 0) is 49.7 Å². The van der Waals surface area contributed by atoms with Crippen molar-refractivity contribution in [3.63, 3.8) is 0 Å². The summed E-state index contributed by atoms with van der Waals surface area (Å²) in [6.07, 6.45) is 1.83. The van der Waals surface area contributed by atoms with E-state index in [9.17, 15) is 13.2 Å². The van der Waals surface area contributed by atoms with E-state index in [0.717, 1.165) is 29.2 Å². The van der Waals surface area contributed by atoms with Crippen molar-refractivity contribution in [2.24, 2.45) is 0 Å². The van der Waals surface area contributed by atoms with E-state index in [0.29, 0.717) is 18.0 Å². The van der Waals surface area contributed by atoms with E-state index in [4.69, 9.17) is 4.74 Å². The SMILES string of the molecule is COc1ccc(N([C@@H](C)C(=O)NCCCN(C)c2ccccc2)S(C)(=O)=O)cc1. The second kappa shape index (κ2) is 10.2. The molecule has 1 atom stereocenters. The number of rotatable bonds is 10. The first-order valence-electron chi connectivity index (χ1n) is 9.41. The van der Waals surface area contributed by atoms with E-state index >= 15 is 0 Å². The second-order valence-electron chi connectivity index (χ2n) is 6.83. The summed E-state index contributed by atoms with van der Waals surface area (Å²) in [5.74, 6) is 0.274. The number of benzene rings is 2. The molecular weight excluding hydrogens is 390 g/mol. The van der Waals surface area contributed by atoms with Gasteiger partial charge in [0.1, 0.15) is 11.8 Å². The standard InChI is InChI=1S/C21H29N3O4S/c1-17(24(29(4,26)27)19-11-13-20(28-3)14-12-19)21(25)22-15-8-16-23(2)18-9-6-5-7-10-18/h5-7,9-14,17H,8,15-16H2,1-4H3,(H,22,25)/t17-/m0/s1. The molecule has 158 valence electrons. The molecule has 0 saturated carbocycles. The number of methoxy groups -OCH3 is 1. The smallest absolute Gasteiger partial charge is 0.243 e. The summed E-state index contributed by atoms with van der Waals surface area (Å²) < 4.78 is 30.9. The van der Waals surface area contributed by atoms with Gasteiger partial charge in [-0.15, -0.1) is 0 Å². The van der Waals surface area contributed by atoms with Crippen LogP contribution in [0.25, 0.3) is 0 Å². The second-order valence-corrected chi connectivity index (χ2v) is 8.69. The normalized spacial score (nSPS) is 12.1. The van der Waals surface area contributed by atoms with Crippen molar-refractivity contribution in [2.75, 3.05) is 42.7 Å². The Morgan fingerprint density at radius 2 is 1.69 bits per heavy atom. The Hall–Kier alpha value is -2.74. The van der Waals surface area contributed by atoms with Crippen LogP contribution in [0.4, 0.5) is 11.4 Å². The lowest BCUT2D eigenvalue weighted by molar-refractivity contribution is -0.121. The zero-order chi connectivity index (χ0) is 21.4. The van der Waals surface area contributed by atoms with Gasteiger partial charge in [-0.1, -0.05) is 18.2 Å². The van der Waals surface area contributed by atoms with Gasteiger partial charge < -0.3 is 15.0 Å². The maximum atomic E-state index is 12.6. The van der Waals surface area contributed by atoms with Gasteiger partial charge in [0.25, 0.3) is 0 Å². The van der Waals surface area contributed by atoms with Crippen LogP contribution in [0.1, 0.15) is 13.3 Å². The minimum absolute atomic E-state index is 0.339. The molecule has 0 radical (unpaired) electrons. The third kappa shape index (κ3) is 6.39. The van der Waals surface area contributed by atoms with Crippen molar-refractivity contribution in [3.8, 4) is 5.75 Å². The molecule has 0 bridgehead atoms. The maximum absolute atomic E-state index is 12.6. The van der Waals surface area contributed by atoms with Crippen molar-refractivity contribution >= 4 is 27.3 Å². The van der Waals surface area contributed by atoms with E-state index in [-0.39, 0.29) is 5.91 Å². The van der Waals surface area contributed by atoms with Crippen molar-refractivity contribution in [1.29, 1.82) is 0 Å².